The van der Waals surface area contributed by atoms with Gasteiger partial charge < -0.3 is 15.1 Å². The van der Waals surface area contributed by atoms with Gasteiger partial charge in [-0.15, -0.1) is 24.8 Å². The van der Waals surface area contributed by atoms with Gasteiger partial charge >= 0.3 is 0 Å². The number of halogens is 2. The van der Waals surface area contributed by atoms with Gasteiger partial charge in [-0.3, -0.25) is 9.48 Å². The smallest absolute Gasteiger partial charge is 0.227 e. The first-order chi connectivity index (χ1) is 10.1. The molecule has 23 heavy (non-hydrogen) atoms. The molecule has 0 aromatic carbocycles. The first kappa shape index (κ1) is 20.2. The van der Waals surface area contributed by atoms with E-state index in [1.165, 1.54) is 5.56 Å². The number of amides is 1. The zero-order chi connectivity index (χ0) is 15.0. The quantitative estimate of drug-likeness (QED) is 0.841. The molecule has 1 unspecified atom stereocenters. The Kier molecular flexibility index (Phi) is 7.32. The average molecular weight is 364 g/mol. The third kappa shape index (κ3) is 4.18. The number of hydrogen-bond donors (Lipinski definition) is 1. The molecule has 132 valence electrons. The van der Waals surface area contributed by atoms with E-state index < -0.39 is 0 Å². The van der Waals surface area contributed by atoms with Gasteiger partial charge in [0.25, 0.3) is 0 Å². The molecule has 0 aliphatic carbocycles. The highest BCUT2D eigenvalue weighted by atomic mass is 35.5. The summed E-state index contributed by atoms with van der Waals surface area (Å²) in [6, 6.07) is 0.298. The molecule has 1 amide bonds. The molecule has 0 bridgehead atoms. The molecule has 2 fully saturated rings. The Balaban J connectivity index is 0.00000132. The Morgan fingerprint density at radius 3 is 2.61 bits per heavy atom. The highest BCUT2D eigenvalue weighted by Crippen LogP contribution is 2.30. The monoisotopic (exact) mass is 363 g/mol. The number of likely N-dealkylation sites (N-methyl/N-ethyl adjacent to an activating group) is 1. The van der Waals surface area contributed by atoms with Crippen LogP contribution in [0.5, 0.6) is 0 Å². The van der Waals surface area contributed by atoms with Gasteiger partial charge in [0.05, 0.1) is 12.1 Å². The Hall–Kier alpha value is -0.820. The third-order valence-corrected chi connectivity index (χ3v) is 4.80. The maximum absolute atomic E-state index is 12.9. The van der Waals surface area contributed by atoms with Crippen LogP contribution in [-0.4, -0.2) is 71.3 Å². The summed E-state index contributed by atoms with van der Waals surface area (Å²) in [5, 5.41) is 7.63. The van der Waals surface area contributed by atoms with Crippen LogP contribution in [0.15, 0.2) is 12.4 Å². The normalized spacial score (nSPS) is 28.1. The second-order valence-corrected chi connectivity index (χ2v) is 6.46. The van der Waals surface area contributed by atoms with E-state index >= 15 is 0 Å². The number of piperazine rings is 1. The van der Waals surface area contributed by atoms with E-state index in [0.29, 0.717) is 11.9 Å². The molecule has 3 heterocycles. The Morgan fingerprint density at radius 1 is 1.26 bits per heavy atom. The van der Waals surface area contributed by atoms with Crippen LogP contribution >= 0.6 is 24.8 Å². The van der Waals surface area contributed by atoms with Crippen molar-refractivity contribution in [1.82, 2.24) is 24.9 Å². The lowest BCUT2D eigenvalue weighted by Crippen LogP contribution is -2.54. The summed E-state index contributed by atoms with van der Waals surface area (Å²) in [5.41, 5.74) is 1.17. The van der Waals surface area contributed by atoms with Crippen LogP contribution in [0.3, 0.4) is 0 Å². The van der Waals surface area contributed by atoms with Crippen LogP contribution in [0.25, 0.3) is 0 Å². The van der Waals surface area contributed by atoms with Crippen molar-refractivity contribution in [1.29, 1.82) is 0 Å². The fourth-order valence-corrected chi connectivity index (χ4v) is 3.60. The summed E-state index contributed by atoms with van der Waals surface area (Å²) in [6.07, 6.45) is 3.93. The number of aromatic nitrogens is 2. The van der Waals surface area contributed by atoms with E-state index in [9.17, 15) is 4.79 Å². The molecule has 1 aromatic rings. The lowest BCUT2D eigenvalue weighted by atomic mass is 9.89. The zero-order valence-corrected chi connectivity index (χ0v) is 15.6. The van der Waals surface area contributed by atoms with Gasteiger partial charge in [0, 0.05) is 57.9 Å². The third-order valence-electron chi connectivity index (χ3n) is 4.80. The van der Waals surface area contributed by atoms with Crippen molar-refractivity contribution in [2.75, 3.05) is 39.8 Å². The van der Waals surface area contributed by atoms with Crippen LogP contribution in [0.2, 0.25) is 0 Å². The molecule has 2 aliphatic heterocycles. The summed E-state index contributed by atoms with van der Waals surface area (Å²) in [5.74, 6) is 0.590. The largest absolute Gasteiger partial charge is 0.337 e. The maximum Gasteiger partial charge on any atom is 0.227 e. The van der Waals surface area contributed by atoms with E-state index in [1.807, 2.05) is 24.1 Å². The van der Waals surface area contributed by atoms with Crippen LogP contribution in [0, 0.1) is 5.92 Å². The number of nitrogens with one attached hydrogen (secondary N) is 1. The summed E-state index contributed by atoms with van der Waals surface area (Å²) in [6.45, 7) is 6.56. The summed E-state index contributed by atoms with van der Waals surface area (Å²) < 4.78 is 1.81. The van der Waals surface area contributed by atoms with Crippen molar-refractivity contribution in [2.45, 2.75) is 18.9 Å². The van der Waals surface area contributed by atoms with E-state index in [0.717, 1.165) is 32.7 Å². The summed E-state index contributed by atoms with van der Waals surface area (Å²) in [4.78, 5) is 17.3. The minimum Gasteiger partial charge on any atom is -0.337 e. The van der Waals surface area contributed by atoms with Gasteiger partial charge in [0.15, 0.2) is 0 Å². The Morgan fingerprint density at radius 2 is 2.00 bits per heavy atom. The maximum atomic E-state index is 12.9. The van der Waals surface area contributed by atoms with E-state index in [4.69, 9.17) is 0 Å². The van der Waals surface area contributed by atoms with E-state index in [2.05, 4.69) is 34.2 Å². The first-order valence-corrected chi connectivity index (χ1v) is 7.74. The summed E-state index contributed by atoms with van der Waals surface area (Å²) in [7, 11) is 4.04. The zero-order valence-electron chi connectivity index (χ0n) is 13.9. The number of carbonyl (C=O) groups is 1. The number of carbonyl (C=O) groups excluding carboxylic acids is 1. The van der Waals surface area contributed by atoms with Gasteiger partial charge in [-0.1, -0.05) is 0 Å². The lowest BCUT2D eigenvalue weighted by molar-refractivity contribution is -0.139. The first-order valence-electron chi connectivity index (χ1n) is 7.74. The molecule has 2 aliphatic rings. The van der Waals surface area contributed by atoms with Crippen LogP contribution < -0.4 is 5.32 Å². The van der Waals surface area contributed by atoms with Gasteiger partial charge in [0.2, 0.25) is 5.91 Å². The minimum absolute atomic E-state index is 0. The standard InChI is InChI=1S/C15H25N5O.2ClH/c1-11-9-18(2)4-5-20(11)15(21)14-8-16-7-13(14)12-6-17-19(3)10-12;;/h6,10-11,13-14,16H,4-5,7-9H2,1-3H3;2*1H/t11?,13-,14+;;/m1../s1. The van der Waals surface area contributed by atoms with Crippen molar-refractivity contribution in [3.63, 3.8) is 0 Å². The predicted molar refractivity (Wildman–Crippen MR) is 95.5 cm³/mol. The highest BCUT2D eigenvalue weighted by Gasteiger charge is 2.39. The molecule has 0 radical (unpaired) electrons. The second-order valence-electron chi connectivity index (χ2n) is 6.46. The van der Waals surface area contributed by atoms with Crippen molar-refractivity contribution in [3.05, 3.63) is 18.0 Å². The van der Waals surface area contributed by atoms with Crippen LogP contribution in [-0.2, 0) is 11.8 Å². The molecule has 6 nitrogen and oxygen atoms in total. The molecule has 0 spiro atoms. The molecule has 8 heteroatoms. The number of nitrogens with zero attached hydrogens (tertiary/aromatic N) is 4. The highest BCUT2D eigenvalue weighted by molar-refractivity contribution is 5.85. The summed E-state index contributed by atoms with van der Waals surface area (Å²) >= 11 is 0. The molecule has 2 saturated heterocycles. The molecule has 1 aromatic heterocycles. The lowest BCUT2D eigenvalue weighted by Gasteiger charge is -2.40. The van der Waals surface area contributed by atoms with Crippen molar-refractivity contribution in [3.8, 4) is 0 Å². The average Bonchev–Trinajstić information content (AvgIpc) is 3.06. The van der Waals surface area contributed by atoms with Crippen molar-refractivity contribution >= 4 is 30.7 Å². The van der Waals surface area contributed by atoms with E-state index in [1.54, 1.807) is 0 Å². The molecule has 1 N–H and O–H groups in total. The molecular formula is C15H27Cl2N5O. The van der Waals surface area contributed by atoms with Crippen molar-refractivity contribution < 1.29 is 4.79 Å². The Labute approximate surface area is 150 Å². The van der Waals surface area contributed by atoms with E-state index in [-0.39, 0.29) is 36.6 Å². The molecule has 0 saturated carbocycles. The number of aryl methyl sites for hydroxylation is 1. The SMILES string of the molecule is CC1CN(C)CCN1C(=O)[C@H]1CNC[C@@H]1c1cnn(C)c1.Cl.Cl. The number of rotatable bonds is 2. The topological polar surface area (TPSA) is 53.4 Å². The minimum atomic E-state index is 0. The van der Waals surface area contributed by atoms with Gasteiger partial charge in [-0.25, -0.2) is 0 Å². The van der Waals surface area contributed by atoms with Crippen LogP contribution in [0.1, 0.15) is 18.4 Å². The fraction of sp³-hybridized carbons (Fsp3) is 0.733. The van der Waals surface area contributed by atoms with Gasteiger partial charge in [-0.2, -0.15) is 5.10 Å². The molecular weight excluding hydrogens is 337 g/mol. The molecule has 3 atom stereocenters. The number of hydrogen-bond acceptors (Lipinski definition) is 4. The van der Waals surface area contributed by atoms with Crippen molar-refractivity contribution in [2.24, 2.45) is 13.0 Å². The second kappa shape index (κ2) is 8.33. The van der Waals surface area contributed by atoms with Gasteiger partial charge in [0.1, 0.15) is 0 Å². The predicted octanol–water partition coefficient (Wildman–Crippen LogP) is 0.729. The van der Waals surface area contributed by atoms with Gasteiger partial charge in [-0.05, 0) is 19.5 Å². The fourth-order valence-electron chi connectivity index (χ4n) is 3.60. The Bertz CT molecular complexity index is 524. The van der Waals surface area contributed by atoms with Crippen LogP contribution in [0.4, 0.5) is 0 Å². The molecule has 3 rings (SSSR count).